The molecule has 0 spiro atoms. The largest absolute Gasteiger partial charge is 0.480 e. The van der Waals surface area contributed by atoms with Gasteiger partial charge in [-0.1, -0.05) is 17.7 Å². The minimum Gasteiger partial charge on any atom is -0.480 e. The molecule has 0 aromatic carbocycles. The Hall–Kier alpha value is -4.58. The molecule has 2 aromatic heterocycles. The Bertz CT molecular complexity index is 1800. The average molecular weight is 688 g/mol. The van der Waals surface area contributed by atoms with Crippen molar-refractivity contribution < 1.29 is 38.9 Å². The summed E-state index contributed by atoms with van der Waals surface area (Å²) in [5.41, 5.74) is 0.817. The number of nitrogens with one attached hydrogen (secondary N) is 2. The number of amides is 3. The van der Waals surface area contributed by atoms with Crippen LogP contribution in [0.25, 0.3) is 5.65 Å². The molecule has 2 atom stereocenters. The van der Waals surface area contributed by atoms with Crippen molar-refractivity contribution in [3.8, 4) is 0 Å². The Balaban J connectivity index is 1.22. The number of alkyl carbamates (subject to hydrolysis) is 1. The van der Waals surface area contributed by atoms with E-state index in [1.807, 2.05) is 12.2 Å². The molecular weight excluding hydrogens is 654 g/mol. The van der Waals surface area contributed by atoms with E-state index < -0.39 is 53.2 Å². The predicted octanol–water partition coefficient (Wildman–Crippen LogP) is 1.37. The van der Waals surface area contributed by atoms with Crippen LogP contribution < -0.4 is 16.3 Å². The number of nitrogens with zero attached hydrogens (tertiary/aromatic N) is 5. The van der Waals surface area contributed by atoms with E-state index in [-0.39, 0.29) is 41.7 Å². The summed E-state index contributed by atoms with van der Waals surface area (Å²) >= 11 is 2.49. The first-order valence-corrected chi connectivity index (χ1v) is 16.6. The number of carbonyl (C=O) groups is 5. The van der Waals surface area contributed by atoms with Crippen molar-refractivity contribution >= 4 is 59.0 Å². The van der Waals surface area contributed by atoms with Crippen LogP contribution in [0.4, 0.5) is 4.79 Å². The highest BCUT2D eigenvalue weighted by atomic mass is 32.2. The van der Waals surface area contributed by atoms with Crippen LogP contribution in [0.15, 0.2) is 56.5 Å². The third-order valence-corrected chi connectivity index (χ3v) is 9.62. The van der Waals surface area contributed by atoms with Gasteiger partial charge < -0.3 is 25.6 Å². The van der Waals surface area contributed by atoms with Crippen molar-refractivity contribution in [2.75, 3.05) is 18.1 Å². The lowest BCUT2D eigenvalue weighted by molar-refractivity contribution is -0.150. The van der Waals surface area contributed by atoms with Crippen molar-refractivity contribution in [2.45, 2.75) is 68.6 Å². The monoisotopic (exact) mass is 687 g/mol. The zero-order valence-corrected chi connectivity index (χ0v) is 27.4. The van der Waals surface area contributed by atoms with Crippen LogP contribution in [0.5, 0.6) is 0 Å². The molecule has 1 fully saturated rings. The van der Waals surface area contributed by atoms with Gasteiger partial charge in [-0.3, -0.25) is 19.3 Å². The van der Waals surface area contributed by atoms with E-state index in [0.717, 1.165) is 32.1 Å². The minimum absolute atomic E-state index is 0.0238. The topological polar surface area (TPSA) is 215 Å². The van der Waals surface area contributed by atoms with Crippen molar-refractivity contribution in [3.63, 3.8) is 0 Å². The Morgan fingerprint density at radius 1 is 1.06 bits per heavy atom. The minimum atomic E-state index is -1.28. The number of allylic oxidation sites excluding steroid dienone is 2. The van der Waals surface area contributed by atoms with E-state index >= 15 is 0 Å². The number of fused-ring (bicyclic) bond motifs is 2. The summed E-state index contributed by atoms with van der Waals surface area (Å²) < 4.78 is 7.03. The molecule has 4 heterocycles. The number of ether oxygens (including phenoxy) is 1. The summed E-state index contributed by atoms with van der Waals surface area (Å²) in [6.45, 7) is 4.90. The molecule has 3 aliphatic rings. The number of carbonyl (C=O) groups excluding carboxylic acids is 3. The number of thioether (sulfide) groups is 2. The number of carboxylic acid groups (broad SMARTS) is 2. The van der Waals surface area contributed by atoms with Gasteiger partial charge in [-0.15, -0.1) is 28.6 Å². The summed E-state index contributed by atoms with van der Waals surface area (Å²) in [6.07, 6.45) is 4.45. The quantitative estimate of drug-likeness (QED) is 0.149. The fraction of sp³-hybridized carbons (Fsp3) is 0.448. The van der Waals surface area contributed by atoms with Crippen molar-refractivity contribution in [1.29, 1.82) is 0 Å². The molecule has 1 saturated heterocycles. The zero-order valence-electron chi connectivity index (χ0n) is 25.7. The van der Waals surface area contributed by atoms with Gasteiger partial charge >= 0.3 is 23.7 Å². The number of aromatic nitrogens is 4. The molecule has 1 unspecified atom stereocenters. The zero-order chi connectivity index (χ0) is 34.0. The Kier molecular flexibility index (Phi) is 9.81. The fourth-order valence-corrected chi connectivity index (χ4v) is 7.54. The second kappa shape index (κ2) is 13.6. The van der Waals surface area contributed by atoms with Crippen LogP contribution in [-0.2, 0) is 30.5 Å². The molecule has 16 nitrogen and oxygen atoms in total. The number of carboxylic acids is 2. The Morgan fingerprint density at radius 2 is 1.79 bits per heavy atom. The smallest absolute Gasteiger partial charge is 0.407 e. The van der Waals surface area contributed by atoms with Crippen LogP contribution in [0.1, 0.15) is 40.0 Å². The Morgan fingerprint density at radius 3 is 2.47 bits per heavy atom. The molecule has 2 aromatic rings. The molecule has 0 bridgehead atoms. The van der Waals surface area contributed by atoms with Gasteiger partial charge in [0.25, 0.3) is 5.91 Å². The summed E-state index contributed by atoms with van der Waals surface area (Å²) in [4.78, 5) is 75.3. The summed E-state index contributed by atoms with van der Waals surface area (Å²) in [5.74, 6) is -2.98. The van der Waals surface area contributed by atoms with Crippen LogP contribution >= 0.6 is 23.5 Å². The third kappa shape index (κ3) is 7.70. The number of aliphatic carboxylic acids is 2. The lowest BCUT2D eigenvalue weighted by Gasteiger charge is -2.49. The number of β-lactam (4-membered cyclic amide) rings is 1. The number of hydrogen-bond donors (Lipinski definition) is 4. The first kappa shape index (κ1) is 33.8. The molecule has 0 radical (unpaired) electrons. The van der Waals surface area contributed by atoms with E-state index in [2.05, 4.69) is 20.8 Å². The lowest BCUT2D eigenvalue weighted by atomic mass is 9.94. The van der Waals surface area contributed by atoms with Crippen molar-refractivity contribution in [1.82, 2.24) is 34.9 Å². The van der Waals surface area contributed by atoms with E-state index in [4.69, 9.17) is 9.84 Å². The average Bonchev–Trinajstić information content (AvgIpc) is 3.30. The van der Waals surface area contributed by atoms with Gasteiger partial charge in [0.1, 0.15) is 34.3 Å². The molecule has 4 N–H and O–H groups in total. The van der Waals surface area contributed by atoms with Crippen LogP contribution in [0, 0.1) is 0 Å². The molecule has 5 rings (SSSR count). The van der Waals surface area contributed by atoms with Gasteiger partial charge in [-0.25, -0.2) is 14.4 Å². The highest BCUT2D eigenvalue weighted by Crippen LogP contribution is 2.41. The van der Waals surface area contributed by atoms with Crippen LogP contribution in [-0.4, -0.2) is 99.4 Å². The molecule has 47 heavy (non-hydrogen) atoms. The van der Waals surface area contributed by atoms with E-state index in [0.29, 0.717) is 23.4 Å². The van der Waals surface area contributed by atoms with E-state index in [1.54, 1.807) is 26.8 Å². The summed E-state index contributed by atoms with van der Waals surface area (Å²) in [7, 11) is 0. The van der Waals surface area contributed by atoms with Crippen molar-refractivity contribution in [3.05, 3.63) is 57.2 Å². The van der Waals surface area contributed by atoms with E-state index in [1.165, 1.54) is 22.7 Å². The van der Waals surface area contributed by atoms with Gasteiger partial charge in [0.05, 0.1) is 0 Å². The van der Waals surface area contributed by atoms with Gasteiger partial charge in [0, 0.05) is 24.5 Å². The lowest BCUT2D eigenvalue weighted by Crippen LogP contribution is -2.70. The van der Waals surface area contributed by atoms with E-state index in [9.17, 15) is 33.9 Å². The SMILES string of the molecule is CC(C)(C)OC(=O)NCC1=C(CC(=O)NC2C(=O)N3C(C(=O)O)=C(CSc4ccc5nn(CC(=O)O)c(=O)n5n4)CS[C@@H]23)CC=CC1. The standard InChI is InChI=1S/C29H33N7O9S2/c1-29(2,3)45-27(43)30-11-16-7-5-4-6-15(16)10-19(37)31-22-24(40)35-23(26(41)42)17(14-47-25(22)35)13-46-20-9-8-18-32-34(12-21(38)39)28(44)36(18)33-20/h4-5,8-9,22,25H,6-7,10-14H2,1-3H3,(H,30,43)(H,31,37)(H,38,39)(H,41,42)/t22?,25-/m0/s1. The highest BCUT2D eigenvalue weighted by molar-refractivity contribution is 8.01. The maximum Gasteiger partial charge on any atom is 0.407 e. The van der Waals surface area contributed by atoms with Gasteiger partial charge in [0.15, 0.2) is 5.65 Å². The molecule has 0 saturated carbocycles. The highest BCUT2D eigenvalue weighted by Gasteiger charge is 2.54. The van der Waals surface area contributed by atoms with Crippen LogP contribution in [0.2, 0.25) is 0 Å². The predicted molar refractivity (Wildman–Crippen MR) is 170 cm³/mol. The van der Waals surface area contributed by atoms with Gasteiger partial charge in [-0.2, -0.15) is 14.3 Å². The third-order valence-electron chi connectivity index (χ3n) is 7.28. The fourth-order valence-electron chi connectivity index (χ4n) is 5.20. The Labute approximate surface area is 276 Å². The second-order valence-electron chi connectivity index (χ2n) is 11.9. The molecule has 2 aliphatic heterocycles. The molecule has 3 amide bonds. The molecule has 250 valence electrons. The first-order chi connectivity index (χ1) is 22.2. The number of hydrogen-bond acceptors (Lipinski definition) is 11. The molecule has 1 aliphatic carbocycles. The molecular formula is C29H33N7O9S2. The normalized spacial score (nSPS) is 19.4. The first-order valence-electron chi connectivity index (χ1n) is 14.5. The van der Waals surface area contributed by atoms with Crippen LogP contribution in [0.3, 0.4) is 0 Å². The number of rotatable bonds is 11. The molecule has 18 heteroatoms. The van der Waals surface area contributed by atoms with Crippen molar-refractivity contribution in [2.24, 2.45) is 0 Å². The van der Waals surface area contributed by atoms with Gasteiger partial charge in [-0.05, 0) is 56.9 Å². The van der Waals surface area contributed by atoms with Gasteiger partial charge in [0.2, 0.25) is 5.91 Å². The summed E-state index contributed by atoms with van der Waals surface area (Å²) in [6, 6.07) is 2.19. The maximum atomic E-state index is 13.2. The maximum absolute atomic E-state index is 13.2. The summed E-state index contributed by atoms with van der Waals surface area (Å²) in [5, 5.41) is 32.4. The second-order valence-corrected chi connectivity index (χ2v) is 14.0.